The van der Waals surface area contributed by atoms with E-state index in [1.807, 2.05) is 49.5 Å². The van der Waals surface area contributed by atoms with Gasteiger partial charge in [0.15, 0.2) is 5.96 Å². The number of nitrogens with one attached hydrogen (secondary N) is 1. The molecule has 0 aliphatic carbocycles. The second-order valence-corrected chi connectivity index (χ2v) is 8.13. The van der Waals surface area contributed by atoms with E-state index in [1.54, 1.807) is 4.68 Å². The van der Waals surface area contributed by atoms with Gasteiger partial charge in [-0.25, -0.2) is 4.99 Å². The topological polar surface area (TPSA) is 78.2 Å². The van der Waals surface area contributed by atoms with Crippen molar-refractivity contribution in [3.8, 4) is 0 Å². The molecule has 9 heteroatoms. The van der Waals surface area contributed by atoms with Gasteiger partial charge >= 0.3 is 0 Å². The molecule has 1 N–H and O–H groups in total. The van der Waals surface area contributed by atoms with Gasteiger partial charge in [0.1, 0.15) is 12.6 Å². The van der Waals surface area contributed by atoms with Crippen molar-refractivity contribution in [3.63, 3.8) is 0 Å². The third-order valence-electron chi connectivity index (χ3n) is 5.92. The van der Waals surface area contributed by atoms with Crippen LogP contribution in [-0.4, -0.2) is 90.4 Å². The summed E-state index contributed by atoms with van der Waals surface area (Å²) in [6.45, 7) is 8.11. The number of morpholine rings is 1. The number of para-hydroxylation sites is 1. The Balaban J connectivity index is 1.33. The monoisotopic (exact) mass is 439 g/mol. The minimum atomic E-state index is -0.0527. The Hall–Kier alpha value is -3.07. The Morgan fingerprint density at radius 3 is 2.62 bits per heavy atom. The van der Waals surface area contributed by atoms with E-state index in [-0.39, 0.29) is 18.6 Å². The Morgan fingerprint density at radius 2 is 1.94 bits per heavy atom. The number of aliphatic imine (C=N–C) groups is 1. The Bertz CT molecular complexity index is 906. The number of hydrogen-bond donors (Lipinski definition) is 1. The van der Waals surface area contributed by atoms with E-state index in [4.69, 9.17) is 4.74 Å². The minimum Gasteiger partial charge on any atom is -0.370 e. The molecule has 1 aromatic carbocycles. The fourth-order valence-corrected chi connectivity index (χ4v) is 4.17. The summed E-state index contributed by atoms with van der Waals surface area (Å²) in [5, 5.41) is 7.59. The fraction of sp³-hybridized carbons (Fsp3) is 0.522. The largest absolute Gasteiger partial charge is 0.370 e. The average Bonchev–Trinajstić information content (AvgIpc) is 3.28. The number of anilines is 1. The van der Waals surface area contributed by atoms with Crippen molar-refractivity contribution in [3.05, 3.63) is 48.3 Å². The number of aromatic nitrogens is 2. The van der Waals surface area contributed by atoms with Crippen LogP contribution in [0.4, 0.5) is 5.69 Å². The van der Waals surface area contributed by atoms with Gasteiger partial charge in [-0.1, -0.05) is 18.2 Å². The summed E-state index contributed by atoms with van der Waals surface area (Å²) < 4.78 is 7.73. The van der Waals surface area contributed by atoms with Crippen LogP contribution in [0.3, 0.4) is 0 Å². The van der Waals surface area contributed by atoms with Crippen LogP contribution < -0.4 is 10.2 Å². The molecule has 2 aliphatic heterocycles. The van der Waals surface area contributed by atoms with E-state index in [2.05, 4.69) is 37.3 Å². The zero-order valence-electron chi connectivity index (χ0n) is 19.0. The second-order valence-electron chi connectivity index (χ2n) is 8.13. The zero-order chi connectivity index (χ0) is 22.3. The predicted molar refractivity (Wildman–Crippen MR) is 125 cm³/mol. The number of benzene rings is 1. The summed E-state index contributed by atoms with van der Waals surface area (Å²) in [7, 11) is 1.90. The smallest absolute Gasteiger partial charge is 0.244 e. The molecule has 0 bridgehead atoms. The minimum absolute atomic E-state index is 0.0527. The summed E-state index contributed by atoms with van der Waals surface area (Å²) in [4.78, 5) is 23.9. The number of aryl methyl sites for hydroxylation is 1. The molecule has 2 fully saturated rings. The van der Waals surface area contributed by atoms with Crippen LogP contribution in [0.25, 0.3) is 0 Å². The standard InChI is InChI=1S/C23H33N7O2/c1-3-24-23(30-13-14-32-21(18-30)19-15-26-27(2)17-19)25-16-22(31)29-11-9-28(10-12-29)20-7-5-4-6-8-20/h4-8,15,17,21H,3,9-14,16,18H2,1-2H3,(H,24,25). The summed E-state index contributed by atoms with van der Waals surface area (Å²) in [5.74, 6) is 0.839. The van der Waals surface area contributed by atoms with Gasteiger partial charge in [-0.3, -0.25) is 9.48 Å². The van der Waals surface area contributed by atoms with Crippen molar-refractivity contribution in [2.24, 2.45) is 12.0 Å². The van der Waals surface area contributed by atoms with Crippen molar-refractivity contribution in [1.82, 2.24) is 24.9 Å². The number of amides is 1. The highest BCUT2D eigenvalue weighted by atomic mass is 16.5. The number of hydrogen-bond acceptors (Lipinski definition) is 5. The lowest BCUT2D eigenvalue weighted by Gasteiger charge is -2.36. The van der Waals surface area contributed by atoms with Crippen molar-refractivity contribution in [1.29, 1.82) is 0 Å². The number of ether oxygens (including phenoxy) is 1. The molecule has 3 heterocycles. The van der Waals surface area contributed by atoms with Crippen molar-refractivity contribution >= 4 is 17.6 Å². The first-order chi connectivity index (χ1) is 15.6. The van der Waals surface area contributed by atoms with Crippen LogP contribution in [0.2, 0.25) is 0 Å². The van der Waals surface area contributed by atoms with Crippen LogP contribution >= 0.6 is 0 Å². The fourth-order valence-electron chi connectivity index (χ4n) is 4.17. The molecule has 2 saturated heterocycles. The second kappa shape index (κ2) is 10.5. The van der Waals surface area contributed by atoms with Gasteiger partial charge < -0.3 is 24.8 Å². The highest BCUT2D eigenvalue weighted by molar-refractivity contribution is 5.85. The van der Waals surface area contributed by atoms with E-state index in [1.165, 1.54) is 5.69 Å². The van der Waals surface area contributed by atoms with E-state index < -0.39 is 0 Å². The lowest BCUT2D eigenvalue weighted by molar-refractivity contribution is -0.129. The number of rotatable bonds is 5. The van der Waals surface area contributed by atoms with E-state index in [9.17, 15) is 4.79 Å². The quantitative estimate of drug-likeness (QED) is 0.556. The molecule has 0 saturated carbocycles. The van der Waals surface area contributed by atoms with Crippen molar-refractivity contribution in [2.45, 2.75) is 13.0 Å². The van der Waals surface area contributed by atoms with E-state index in [0.717, 1.165) is 50.8 Å². The molecule has 1 atom stereocenters. The average molecular weight is 440 g/mol. The number of guanidine groups is 1. The summed E-state index contributed by atoms with van der Waals surface area (Å²) >= 11 is 0. The molecule has 2 aliphatic rings. The maximum absolute atomic E-state index is 12.8. The Kier molecular flexibility index (Phi) is 7.26. The Morgan fingerprint density at radius 1 is 1.16 bits per heavy atom. The third-order valence-corrected chi connectivity index (χ3v) is 5.92. The first kappa shape index (κ1) is 22.1. The molecule has 1 aromatic heterocycles. The first-order valence-electron chi connectivity index (χ1n) is 11.3. The molecule has 1 unspecified atom stereocenters. The summed E-state index contributed by atoms with van der Waals surface area (Å²) in [5.41, 5.74) is 2.27. The summed E-state index contributed by atoms with van der Waals surface area (Å²) in [6.07, 6.45) is 3.77. The predicted octanol–water partition coefficient (Wildman–Crippen LogP) is 1.11. The lowest BCUT2D eigenvalue weighted by Crippen LogP contribution is -2.50. The van der Waals surface area contributed by atoms with Crippen LogP contribution in [0.15, 0.2) is 47.7 Å². The van der Waals surface area contributed by atoms with Gasteiger partial charge in [0.05, 0.1) is 19.3 Å². The first-order valence-corrected chi connectivity index (χ1v) is 11.3. The maximum atomic E-state index is 12.8. The lowest BCUT2D eigenvalue weighted by atomic mass is 10.1. The SMILES string of the molecule is CCNC(=NCC(=O)N1CCN(c2ccccc2)CC1)N1CCOC(c2cnn(C)c2)C1. The highest BCUT2D eigenvalue weighted by Gasteiger charge is 2.26. The molecular formula is C23H33N7O2. The van der Waals surface area contributed by atoms with Crippen LogP contribution in [0.5, 0.6) is 0 Å². The normalized spacial score (nSPS) is 19.9. The van der Waals surface area contributed by atoms with E-state index >= 15 is 0 Å². The van der Waals surface area contributed by atoms with Crippen LogP contribution in [0.1, 0.15) is 18.6 Å². The van der Waals surface area contributed by atoms with Crippen molar-refractivity contribution < 1.29 is 9.53 Å². The van der Waals surface area contributed by atoms with Gasteiger partial charge in [0, 0.05) is 63.8 Å². The van der Waals surface area contributed by atoms with E-state index in [0.29, 0.717) is 13.2 Å². The molecule has 0 spiro atoms. The van der Waals surface area contributed by atoms with Crippen LogP contribution in [-0.2, 0) is 16.6 Å². The summed E-state index contributed by atoms with van der Waals surface area (Å²) in [6, 6.07) is 10.4. The van der Waals surface area contributed by atoms with Crippen LogP contribution in [0, 0.1) is 0 Å². The van der Waals surface area contributed by atoms with Gasteiger partial charge in [-0.15, -0.1) is 0 Å². The number of nitrogens with zero attached hydrogens (tertiary/aromatic N) is 6. The number of carbonyl (C=O) groups is 1. The van der Waals surface area contributed by atoms with Gasteiger partial charge in [0.25, 0.3) is 0 Å². The number of carbonyl (C=O) groups excluding carboxylic acids is 1. The Labute approximate surface area is 189 Å². The molecule has 172 valence electrons. The van der Waals surface area contributed by atoms with Gasteiger partial charge in [-0.05, 0) is 19.1 Å². The molecule has 0 radical (unpaired) electrons. The highest BCUT2D eigenvalue weighted by Crippen LogP contribution is 2.21. The molecule has 9 nitrogen and oxygen atoms in total. The zero-order valence-corrected chi connectivity index (χ0v) is 19.0. The molecule has 1 amide bonds. The molecular weight excluding hydrogens is 406 g/mol. The molecule has 4 rings (SSSR count). The van der Waals surface area contributed by atoms with Gasteiger partial charge in [-0.2, -0.15) is 5.10 Å². The third kappa shape index (κ3) is 5.40. The number of piperazine rings is 1. The maximum Gasteiger partial charge on any atom is 0.244 e. The molecule has 32 heavy (non-hydrogen) atoms. The molecule has 2 aromatic rings. The van der Waals surface area contributed by atoms with Crippen molar-refractivity contribution in [2.75, 3.05) is 63.9 Å². The van der Waals surface area contributed by atoms with Gasteiger partial charge in [0.2, 0.25) is 5.91 Å².